The van der Waals surface area contributed by atoms with E-state index in [0.717, 1.165) is 32.2 Å². The lowest BCUT2D eigenvalue weighted by molar-refractivity contribution is -0.0609. The summed E-state index contributed by atoms with van der Waals surface area (Å²) in [7, 11) is 7.98. The molecule has 4 unspecified atom stereocenters. The van der Waals surface area contributed by atoms with E-state index in [1.807, 2.05) is 122 Å². The Morgan fingerprint density at radius 3 is 1.59 bits per heavy atom. The second-order valence-corrected chi connectivity index (χ2v) is 38.3. The quantitative estimate of drug-likeness (QED) is 0.0255. The molecule has 6 aliphatic rings. The van der Waals surface area contributed by atoms with Crippen LogP contribution in [-0.2, 0) is 99.6 Å². The van der Waals surface area contributed by atoms with Crippen molar-refractivity contribution in [3.8, 4) is 0 Å². The molecule has 18 atom stereocenters. The number of benzene rings is 1. The molecule has 0 radical (unpaired) electrons. The number of hydrogen-bond acceptors (Lipinski definition) is 29. The van der Waals surface area contributed by atoms with E-state index < -0.39 is 108 Å². The molecular weight excluding hydrogens is 1620 g/mol. The first-order valence-corrected chi connectivity index (χ1v) is 45.7. The molecule has 0 aliphatic carbocycles. The first-order chi connectivity index (χ1) is 53.5. The highest BCUT2D eigenvalue weighted by Crippen LogP contribution is 2.59. The first-order valence-electron chi connectivity index (χ1n) is 34.7. The smallest absolute Gasteiger partial charge is 0.330 e. The van der Waals surface area contributed by atoms with E-state index in [1.54, 1.807) is 69.3 Å². The van der Waals surface area contributed by atoms with Crippen LogP contribution in [0.4, 0.5) is 11.4 Å². The molecule has 0 amide bonds. The molecule has 6 aliphatic heterocycles. The van der Waals surface area contributed by atoms with Gasteiger partial charge in [-0.2, -0.15) is 0 Å². The fourth-order valence-electron chi connectivity index (χ4n) is 13.2. The number of imidazole rings is 2. The van der Waals surface area contributed by atoms with Gasteiger partial charge in [-0.15, -0.1) is 0 Å². The Bertz CT molecular complexity index is 5490. The van der Waals surface area contributed by atoms with E-state index in [4.69, 9.17) is 113 Å². The van der Waals surface area contributed by atoms with Crippen LogP contribution in [0, 0.1) is 25.0 Å². The minimum atomic E-state index is -3.94. The largest absolute Gasteiger partial charge is 0.369 e. The molecule has 0 saturated carbocycles. The number of fused-ring (bicyclic) bond motifs is 11. The summed E-state index contributed by atoms with van der Waals surface area (Å²) in [5.41, 5.74) is 2.27. The summed E-state index contributed by atoms with van der Waals surface area (Å²) in [6.07, 6.45) is 11.8. The van der Waals surface area contributed by atoms with Crippen molar-refractivity contribution in [1.82, 2.24) is 56.8 Å². The van der Waals surface area contributed by atoms with Gasteiger partial charge in [0.2, 0.25) is 24.6 Å². The van der Waals surface area contributed by atoms with E-state index in [1.165, 1.54) is 43.7 Å². The second-order valence-electron chi connectivity index (χ2n) is 26.5. The lowest BCUT2D eigenvalue weighted by atomic mass is 10.0. The summed E-state index contributed by atoms with van der Waals surface area (Å²) in [6.45, 7) is 6.95. The molecule has 1 aromatic carbocycles. The number of aliphatic imine (C=N–C) groups is 2. The van der Waals surface area contributed by atoms with Crippen LogP contribution in [-0.4, -0.2) is 209 Å². The normalized spacial score (nSPS) is 30.6. The summed E-state index contributed by atoms with van der Waals surface area (Å²) < 4.78 is 98.8. The highest BCUT2D eigenvalue weighted by Gasteiger charge is 2.52. The Hall–Kier alpha value is -6.79. The van der Waals surface area contributed by atoms with Gasteiger partial charge in [0.05, 0.1) is 80.3 Å². The minimum Gasteiger partial charge on any atom is -0.369 e. The van der Waals surface area contributed by atoms with Crippen molar-refractivity contribution in [2.24, 2.45) is 21.8 Å². The fraction of sp³-hybridized carbons (Fsp3) is 0.448. The van der Waals surface area contributed by atoms with Gasteiger partial charge in [0.1, 0.15) is 61.4 Å². The Morgan fingerprint density at radius 1 is 0.586 bits per heavy atom. The lowest BCUT2D eigenvalue weighted by Gasteiger charge is -2.29. The maximum atomic E-state index is 12.5. The molecule has 2 N–H and O–H groups in total. The van der Waals surface area contributed by atoms with Gasteiger partial charge < -0.3 is 103 Å². The van der Waals surface area contributed by atoms with Gasteiger partial charge in [0, 0.05) is 142 Å². The van der Waals surface area contributed by atoms with Crippen molar-refractivity contribution in [3.05, 3.63) is 176 Å². The van der Waals surface area contributed by atoms with E-state index in [-0.39, 0.29) is 74.5 Å². The van der Waals surface area contributed by atoms with Crippen LogP contribution < -0.4 is 15.9 Å². The summed E-state index contributed by atoms with van der Waals surface area (Å²) in [6, 6.07) is 18.0. The van der Waals surface area contributed by atoms with Gasteiger partial charge in [-0.3, -0.25) is 32.3 Å². The standard InChI is InChI=1S/C30H36N8O9P2S2.C30H36N8O9P2S.C7H4OS2/c1-19-23-16-43-49(51,41-14-10-31-2)46-22-15-26(37-11-6-20-21(34-18-35(3)4)5-8-32-28(20)37)44-24(22)17-42-48(40,50)47-27(19)29(45-23)38-12-7-25(39)36-13-9-33-30(36)38;1-19-23-17-43-49(50,42-14-10-31-2)47-22-15-26(37-11-6-20-21(34-18-35(3)4)5-8-32-28(20)37)44-24(22)16-41-48(40)46-27(19)29(45-23)38-12-7-25(39)36-13-9-33-30(36)38;8-7-5-3-1-2-4-6(5)9-10-7/h5-9,11-13,18-19,22-24,26-27,29H,10,14-17H2,1,3-4H3,(H,40,50);5-9,11-13,18-19,22-24,26-27,29,40H,10,14-17H2,1,3-4H3;1-4H/t2*19-,22+,23-,24-,26-,27-,29-,48?,49?;/m11./s1. The summed E-state index contributed by atoms with van der Waals surface area (Å²) in [5.74, 6) is -0.126. The lowest BCUT2D eigenvalue weighted by Crippen LogP contribution is -2.30. The van der Waals surface area contributed by atoms with Gasteiger partial charge in [-0.1, -0.05) is 36.3 Å². The van der Waals surface area contributed by atoms with Gasteiger partial charge in [-0.05, 0) is 82.2 Å². The molecule has 6 fully saturated rings. The maximum Gasteiger partial charge on any atom is 0.330 e. The number of rotatable bonds is 14. The van der Waals surface area contributed by atoms with Crippen LogP contribution in [0.25, 0.3) is 53.4 Å². The van der Waals surface area contributed by atoms with Gasteiger partial charge >= 0.3 is 28.8 Å². The Morgan fingerprint density at radius 2 is 1.07 bits per heavy atom. The van der Waals surface area contributed by atoms with Gasteiger partial charge in [-0.25, -0.2) is 43.1 Å². The topological polar surface area (TPSA) is 341 Å². The third-order valence-corrected chi connectivity index (χ3v) is 28.0. The molecule has 6 saturated heterocycles. The molecule has 9 aromatic heterocycles. The molecule has 111 heavy (non-hydrogen) atoms. The summed E-state index contributed by atoms with van der Waals surface area (Å²) >= 11 is 17.4. The van der Waals surface area contributed by atoms with E-state index in [0.29, 0.717) is 35.7 Å². The van der Waals surface area contributed by atoms with Gasteiger partial charge in [0.25, 0.3) is 15.9 Å². The van der Waals surface area contributed by atoms with Crippen molar-refractivity contribution < 1.29 is 74.0 Å². The summed E-state index contributed by atoms with van der Waals surface area (Å²) in [5, 5.41) is 2.52. The van der Waals surface area contributed by atoms with E-state index in [2.05, 4.69) is 39.6 Å². The molecule has 16 rings (SSSR count). The molecule has 35 nitrogen and oxygen atoms in total. The van der Waals surface area contributed by atoms with Crippen LogP contribution in [0.15, 0.2) is 147 Å². The van der Waals surface area contributed by atoms with Crippen LogP contribution in [0.5, 0.6) is 0 Å². The Labute approximate surface area is 658 Å². The fourth-order valence-corrected chi connectivity index (χ4v) is 21.9. The van der Waals surface area contributed by atoms with Crippen LogP contribution in [0.2, 0.25) is 0 Å². The zero-order chi connectivity index (χ0) is 77.9. The average Bonchev–Trinajstić information content (AvgIpc) is 1.64. The Balaban J connectivity index is 0.000000163. The van der Waals surface area contributed by atoms with Crippen LogP contribution >= 0.6 is 49.4 Å². The number of pyridine rings is 2. The zero-order valence-electron chi connectivity index (χ0n) is 60.2. The van der Waals surface area contributed by atoms with Gasteiger partial charge in [0.15, 0.2) is 12.5 Å². The number of ether oxygens (including phenoxy) is 4. The molecule has 10 aromatic rings. The SMILES string of the molecule is O=c1ssc2ccccc12.[C-]#[N+]CCOP1(=S)OC[C@H]2O[C@@H](n3ccc(=O)n4ccnc34)[C@H](OP(O)(=S)OC[C@H]3O[C@@H](n4ccc5c(N=CN(C)C)ccnc54)C[C@@H]3O1)[C@@H]2C.[C-]#[N+]CCOP1(=S)OC[C@H]2O[C@@H](n3ccc(=O)n4ccnc34)[C@H](OP(O)OC[C@H]3O[C@@H](n4ccc5c(N=CN(C)C)ccnc54)C[C@@H]3O1)[C@@H]2C. The second kappa shape index (κ2) is 35.1. The molecule has 15 heterocycles. The van der Waals surface area contributed by atoms with Crippen molar-refractivity contribution >= 4 is 153 Å². The van der Waals surface area contributed by atoms with E-state index in [9.17, 15) is 24.2 Å². The average molecular weight is 1690 g/mol. The molecule has 588 valence electrons. The summed E-state index contributed by atoms with van der Waals surface area (Å²) in [4.78, 5) is 96.0. The third-order valence-electron chi connectivity index (χ3n) is 18.7. The monoisotopic (exact) mass is 1690 g/mol. The van der Waals surface area contributed by atoms with E-state index >= 15 is 0 Å². The predicted molar refractivity (Wildman–Crippen MR) is 424 cm³/mol. The highest BCUT2D eigenvalue weighted by atomic mass is 32.9. The molecular formula is C67H76N16O19P4S5. The minimum absolute atomic E-state index is 0.00793. The molecule has 4 bridgehead atoms. The predicted octanol–water partition coefficient (Wildman–Crippen LogP) is 9.89. The van der Waals surface area contributed by atoms with Crippen molar-refractivity contribution in [2.45, 2.75) is 100 Å². The third kappa shape index (κ3) is 18.2. The first kappa shape index (κ1) is 80.8. The maximum absolute atomic E-state index is 12.5. The van der Waals surface area contributed by atoms with Crippen LogP contribution in [0.3, 0.4) is 0 Å². The van der Waals surface area contributed by atoms with Crippen molar-refractivity contribution in [3.63, 3.8) is 0 Å². The highest BCUT2D eigenvalue weighted by molar-refractivity contribution is 8.08. The number of aromatic nitrogens is 10. The number of nitrogens with zero attached hydrogens (tertiary/aromatic N) is 16. The van der Waals surface area contributed by atoms with Crippen molar-refractivity contribution in [1.29, 1.82) is 0 Å². The number of hydrogen-bond donors (Lipinski definition) is 2. The van der Waals surface area contributed by atoms with Crippen LogP contribution in [0.1, 0.15) is 51.6 Å². The molecule has 44 heteroatoms. The Kier molecular flexibility index (Phi) is 25.6. The zero-order valence-corrected chi connectivity index (χ0v) is 67.8. The van der Waals surface area contributed by atoms with Crippen molar-refractivity contribution in [2.75, 3.05) is 80.9 Å². The molecule has 0 spiro atoms.